The predicted octanol–water partition coefficient (Wildman–Crippen LogP) is 3.13. The van der Waals surface area contributed by atoms with Crippen molar-refractivity contribution in [1.82, 2.24) is 5.32 Å². The molecule has 0 bridgehead atoms. The van der Waals surface area contributed by atoms with Crippen molar-refractivity contribution in [3.05, 3.63) is 35.4 Å². The maximum absolute atomic E-state index is 11.9. The number of alkyl halides is 1. The van der Waals surface area contributed by atoms with Crippen molar-refractivity contribution < 1.29 is 4.79 Å². The number of rotatable bonds is 4. The van der Waals surface area contributed by atoms with Gasteiger partial charge < -0.3 is 5.32 Å². The molecule has 0 heterocycles. The molecule has 1 aromatic rings. The smallest absolute Gasteiger partial charge is 0.251 e. The van der Waals surface area contributed by atoms with Gasteiger partial charge in [0.2, 0.25) is 0 Å². The van der Waals surface area contributed by atoms with Crippen molar-refractivity contribution in [3.63, 3.8) is 0 Å². The van der Waals surface area contributed by atoms with Gasteiger partial charge in [-0.3, -0.25) is 4.79 Å². The molecule has 2 atom stereocenters. The van der Waals surface area contributed by atoms with Gasteiger partial charge in [0, 0.05) is 17.0 Å². The maximum Gasteiger partial charge on any atom is 0.251 e. The van der Waals surface area contributed by atoms with Crippen molar-refractivity contribution >= 4 is 17.5 Å². The number of hydrogen-bond donors (Lipinski definition) is 1. The summed E-state index contributed by atoms with van der Waals surface area (Å²) in [5.74, 6) is -0.0251. The van der Waals surface area contributed by atoms with Crippen LogP contribution in [0.25, 0.3) is 0 Å². The minimum atomic E-state index is -0.0251. The van der Waals surface area contributed by atoms with Crippen molar-refractivity contribution in [2.45, 2.75) is 38.6 Å². The molecule has 3 heteroatoms. The minimum absolute atomic E-state index is 0.0251. The van der Waals surface area contributed by atoms with E-state index >= 15 is 0 Å². The maximum atomic E-state index is 11.9. The first kappa shape index (κ1) is 13.0. The van der Waals surface area contributed by atoms with Gasteiger partial charge in [0.15, 0.2) is 0 Å². The first-order chi connectivity index (χ1) is 7.50. The van der Waals surface area contributed by atoms with Crippen LogP contribution in [0.2, 0.25) is 0 Å². The van der Waals surface area contributed by atoms with Gasteiger partial charge in [-0.2, -0.15) is 0 Å². The Morgan fingerprint density at radius 2 is 2.00 bits per heavy atom. The van der Waals surface area contributed by atoms with E-state index in [2.05, 4.69) is 5.32 Å². The second-order valence-electron chi connectivity index (χ2n) is 4.21. The monoisotopic (exact) mass is 239 g/mol. The van der Waals surface area contributed by atoms with Gasteiger partial charge in [0.05, 0.1) is 0 Å². The van der Waals surface area contributed by atoms with Crippen LogP contribution in [0.4, 0.5) is 0 Å². The van der Waals surface area contributed by atoms with Gasteiger partial charge in [-0.1, -0.05) is 18.2 Å². The topological polar surface area (TPSA) is 29.1 Å². The first-order valence-electron chi connectivity index (χ1n) is 5.51. The first-order valence-corrected chi connectivity index (χ1v) is 5.95. The van der Waals surface area contributed by atoms with Crippen LogP contribution in [0.3, 0.4) is 0 Å². The van der Waals surface area contributed by atoms with Gasteiger partial charge in [0.1, 0.15) is 0 Å². The number of benzene rings is 1. The van der Waals surface area contributed by atoms with Crippen molar-refractivity contribution in [1.29, 1.82) is 0 Å². The number of carbonyl (C=O) groups is 1. The molecule has 0 radical (unpaired) electrons. The van der Waals surface area contributed by atoms with E-state index in [4.69, 9.17) is 11.6 Å². The summed E-state index contributed by atoms with van der Waals surface area (Å²) in [6.45, 7) is 5.83. The number of hydrogen-bond acceptors (Lipinski definition) is 1. The zero-order chi connectivity index (χ0) is 12.1. The van der Waals surface area contributed by atoms with Crippen molar-refractivity contribution in [2.75, 3.05) is 0 Å². The average Bonchev–Trinajstić information content (AvgIpc) is 2.16. The van der Waals surface area contributed by atoms with Crippen molar-refractivity contribution in [2.24, 2.45) is 0 Å². The predicted molar refractivity (Wildman–Crippen MR) is 68.0 cm³/mol. The molecule has 0 saturated heterocycles. The Bertz CT molecular complexity index is 363. The Hall–Kier alpha value is -1.02. The Kier molecular flexibility index (Phi) is 4.81. The molecular formula is C13H18ClNO. The summed E-state index contributed by atoms with van der Waals surface area (Å²) < 4.78 is 0. The number of amides is 1. The summed E-state index contributed by atoms with van der Waals surface area (Å²) in [4.78, 5) is 11.9. The second-order valence-corrected chi connectivity index (χ2v) is 4.95. The molecule has 0 saturated carbocycles. The number of halogens is 1. The molecule has 1 aromatic carbocycles. The summed E-state index contributed by atoms with van der Waals surface area (Å²) in [7, 11) is 0. The molecule has 1 rings (SSSR count). The lowest BCUT2D eigenvalue weighted by atomic mass is 10.1. The van der Waals surface area contributed by atoms with Crippen LogP contribution in [0.5, 0.6) is 0 Å². The lowest BCUT2D eigenvalue weighted by Gasteiger charge is -2.15. The van der Waals surface area contributed by atoms with Crippen molar-refractivity contribution in [3.8, 4) is 0 Å². The fourth-order valence-corrected chi connectivity index (χ4v) is 1.94. The lowest BCUT2D eigenvalue weighted by Crippen LogP contribution is -2.34. The fraction of sp³-hybridized carbons (Fsp3) is 0.462. The third kappa shape index (κ3) is 3.86. The Labute approximate surface area is 102 Å². The summed E-state index contributed by atoms with van der Waals surface area (Å²) in [6.07, 6.45) is 0.777. The van der Waals surface area contributed by atoms with Crippen LogP contribution in [-0.2, 0) is 0 Å². The molecule has 88 valence electrons. The molecule has 0 fully saturated rings. The second kappa shape index (κ2) is 5.90. The largest absolute Gasteiger partial charge is 0.350 e. The third-order valence-corrected chi connectivity index (χ3v) is 2.62. The van der Waals surface area contributed by atoms with Crippen LogP contribution in [0.1, 0.15) is 36.2 Å². The van der Waals surface area contributed by atoms with Gasteiger partial charge >= 0.3 is 0 Å². The standard InChI is InChI=1S/C13H18ClNO/c1-9-6-4-5-7-12(9)13(16)15-11(3)8-10(2)14/h4-7,10-11H,8H2,1-3H3,(H,15,16). The molecule has 0 aliphatic rings. The number of carbonyl (C=O) groups excluding carboxylic acids is 1. The van der Waals surface area contributed by atoms with Crippen LogP contribution in [0.15, 0.2) is 24.3 Å². The SMILES string of the molecule is Cc1ccccc1C(=O)NC(C)CC(C)Cl. The van der Waals surface area contributed by atoms with Crippen LogP contribution in [-0.4, -0.2) is 17.3 Å². The number of aryl methyl sites for hydroxylation is 1. The van der Waals surface area contributed by atoms with E-state index in [1.54, 1.807) is 0 Å². The molecule has 16 heavy (non-hydrogen) atoms. The highest BCUT2D eigenvalue weighted by Gasteiger charge is 2.12. The molecule has 0 aliphatic heterocycles. The zero-order valence-electron chi connectivity index (χ0n) is 9.96. The van der Waals surface area contributed by atoms with E-state index in [1.807, 2.05) is 45.0 Å². The summed E-state index contributed by atoms with van der Waals surface area (Å²) in [5.41, 5.74) is 1.72. The fourth-order valence-electron chi connectivity index (χ4n) is 1.68. The molecule has 1 N–H and O–H groups in total. The minimum Gasteiger partial charge on any atom is -0.350 e. The summed E-state index contributed by atoms with van der Waals surface area (Å²) in [5, 5.41) is 3.02. The Balaban J connectivity index is 2.63. The lowest BCUT2D eigenvalue weighted by molar-refractivity contribution is 0.0938. The number of nitrogens with one attached hydrogen (secondary N) is 1. The van der Waals surface area contributed by atoms with Gasteiger partial charge in [0.25, 0.3) is 5.91 Å². The van der Waals surface area contributed by atoms with Crippen LogP contribution < -0.4 is 5.32 Å². The highest BCUT2D eigenvalue weighted by Crippen LogP contribution is 2.09. The molecule has 0 aromatic heterocycles. The molecule has 0 spiro atoms. The molecule has 2 unspecified atom stereocenters. The van der Waals surface area contributed by atoms with Gasteiger partial charge in [-0.05, 0) is 38.8 Å². The van der Waals surface area contributed by atoms with E-state index in [-0.39, 0.29) is 17.3 Å². The molecule has 0 aliphatic carbocycles. The van der Waals surface area contributed by atoms with Gasteiger partial charge in [-0.15, -0.1) is 11.6 Å². The van der Waals surface area contributed by atoms with E-state index in [9.17, 15) is 4.79 Å². The molecule has 1 amide bonds. The Morgan fingerprint density at radius 1 is 1.38 bits per heavy atom. The molecular weight excluding hydrogens is 222 g/mol. The van der Waals surface area contributed by atoms with E-state index in [0.717, 1.165) is 17.5 Å². The normalized spacial score (nSPS) is 14.2. The van der Waals surface area contributed by atoms with Crippen LogP contribution >= 0.6 is 11.6 Å². The summed E-state index contributed by atoms with van der Waals surface area (Å²) in [6, 6.07) is 7.66. The van der Waals surface area contributed by atoms with E-state index < -0.39 is 0 Å². The quantitative estimate of drug-likeness (QED) is 0.804. The summed E-state index contributed by atoms with van der Waals surface area (Å²) >= 11 is 5.88. The average molecular weight is 240 g/mol. The third-order valence-electron chi connectivity index (χ3n) is 2.45. The highest BCUT2D eigenvalue weighted by atomic mass is 35.5. The van der Waals surface area contributed by atoms with Gasteiger partial charge in [-0.25, -0.2) is 0 Å². The zero-order valence-corrected chi connectivity index (χ0v) is 10.7. The Morgan fingerprint density at radius 3 is 2.56 bits per heavy atom. The van der Waals surface area contributed by atoms with E-state index in [1.165, 1.54) is 0 Å². The highest BCUT2D eigenvalue weighted by molar-refractivity contribution is 6.20. The molecule has 2 nitrogen and oxygen atoms in total. The van der Waals surface area contributed by atoms with Crippen LogP contribution in [0, 0.1) is 6.92 Å². The van der Waals surface area contributed by atoms with E-state index in [0.29, 0.717) is 0 Å².